The van der Waals surface area contributed by atoms with E-state index in [1.807, 2.05) is 0 Å². The molecule has 2 saturated carbocycles. The Labute approximate surface area is 98.1 Å². The Morgan fingerprint density at radius 1 is 1.38 bits per heavy atom. The van der Waals surface area contributed by atoms with Crippen molar-refractivity contribution in [1.82, 2.24) is 0 Å². The molecule has 0 radical (unpaired) electrons. The van der Waals surface area contributed by atoms with Crippen LogP contribution in [0.5, 0.6) is 0 Å². The van der Waals surface area contributed by atoms with Crippen LogP contribution in [0, 0.1) is 16.7 Å². The summed E-state index contributed by atoms with van der Waals surface area (Å²) in [6.45, 7) is 12.3. The quantitative estimate of drug-likeness (QED) is 0.529. The molecule has 90 valence electrons. The predicted molar refractivity (Wildman–Crippen MR) is 63.9 cm³/mol. The fourth-order valence-corrected chi connectivity index (χ4v) is 3.54. The summed E-state index contributed by atoms with van der Waals surface area (Å²) in [6, 6.07) is 0. The number of carbonyl (C=O) groups excluding carboxylic acids is 1. The summed E-state index contributed by atoms with van der Waals surface area (Å²) in [7, 11) is 0. The van der Waals surface area contributed by atoms with E-state index in [1.54, 1.807) is 6.92 Å². The van der Waals surface area contributed by atoms with Crippen LogP contribution in [0.3, 0.4) is 0 Å². The van der Waals surface area contributed by atoms with E-state index >= 15 is 0 Å². The van der Waals surface area contributed by atoms with Gasteiger partial charge in [-0.15, -0.1) is 0 Å². The summed E-state index contributed by atoms with van der Waals surface area (Å²) >= 11 is 0. The average Bonchev–Trinajstić information content (AvgIpc) is 2.50. The van der Waals surface area contributed by atoms with Crippen LogP contribution in [0.25, 0.3) is 0 Å². The molecule has 2 aliphatic rings. The van der Waals surface area contributed by atoms with E-state index in [2.05, 4.69) is 27.4 Å². The number of rotatable bonds is 2. The van der Waals surface area contributed by atoms with Crippen LogP contribution >= 0.6 is 0 Å². The van der Waals surface area contributed by atoms with Crippen LogP contribution < -0.4 is 0 Å². The van der Waals surface area contributed by atoms with Gasteiger partial charge in [0.25, 0.3) is 0 Å². The second-order valence-electron chi connectivity index (χ2n) is 6.28. The molecule has 0 aromatic rings. The van der Waals surface area contributed by atoms with Gasteiger partial charge in [0.2, 0.25) is 0 Å². The van der Waals surface area contributed by atoms with Crippen molar-refractivity contribution in [2.45, 2.75) is 53.1 Å². The Balaban J connectivity index is 2.16. The second kappa shape index (κ2) is 3.35. The predicted octanol–water partition coefficient (Wildman–Crippen LogP) is 3.32. The van der Waals surface area contributed by atoms with Crippen molar-refractivity contribution in [2.24, 2.45) is 16.7 Å². The standard InChI is InChI=1S/C14H22O2/c1-9(2)12(15)16-11-8-10-6-7-14(11,5)13(10,3)4/h10-11H,1,6-8H2,2-5H3/t10?,11-,14?/m0/s1. The Morgan fingerprint density at radius 3 is 2.38 bits per heavy atom. The maximum absolute atomic E-state index is 11.6. The zero-order valence-electron chi connectivity index (χ0n) is 10.8. The van der Waals surface area contributed by atoms with Gasteiger partial charge >= 0.3 is 5.97 Å². The topological polar surface area (TPSA) is 26.3 Å². The number of esters is 1. The van der Waals surface area contributed by atoms with Crippen molar-refractivity contribution >= 4 is 5.97 Å². The van der Waals surface area contributed by atoms with E-state index < -0.39 is 0 Å². The lowest BCUT2D eigenvalue weighted by Crippen LogP contribution is -2.38. The van der Waals surface area contributed by atoms with Crippen LogP contribution in [0.4, 0.5) is 0 Å². The van der Waals surface area contributed by atoms with Gasteiger partial charge in [-0.1, -0.05) is 27.4 Å². The van der Waals surface area contributed by atoms with Crippen LogP contribution in [-0.2, 0) is 9.53 Å². The molecule has 3 atom stereocenters. The molecule has 2 fully saturated rings. The Morgan fingerprint density at radius 2 is 2.00 bits per heavy atom. The zero-order valence-corrected chi connectivity index (χ0v) is 10.8. The largest absolute Gasteiger partial charge is 0.458 e. The highest BCUT2D eigenvalue weighted by atomic mass is 16.5. The van der Waals surface area contributed by atoms with Gasteiger partial charge in [0.05, 0.1) is 0 Å². The molecule has 16 heavy (non-hydrogen) atoms. The highest BCUT2D eigenvalue weighted by Gasteiger charge is 2.62. The number of fused-ring (bicyclic) bond motifs is 2. The molecule has 0 aliphatic heterocycles. The number of hydrogen-bond donors (Lipinski definition) is 0. The van der Waals surface area contributed by atoms with E-state index in [0.717, 1.165) is 6.42 Å². The van der Waals surface area contributed by atoms with E-state index in [0.29, 0.717) is 16.9 Å². The van der Waals surface area contributed by atoms with Crippen molar-refractivity contribution < 1.29 is 9.53 Å². The fraction of sp³-hybridized carbons (Fsp3) is 0.786. The fourth-order valence-electron chi connectivity index (χ4n) is 3.54. The molecule has 2 unspecified atom stereocenters. The third-order valence-electron chi connectivity index (χ3n) is 5.31. The lowest BCUT2D eigenvalue weighted by atomic mass is 9.70. The molecule has 0 N–H and O–H groups in total. The first-order valence-corrected chi connectivity index (χ1v) is 6.15. The molecular formula is C14H22O2. The molecule has 0 spiro atoms. The van der Waals surface area contributed by atoms with Crippen molar-refractivity contribution in [3.8, 4) is 0 Å². The monoisotopic (exact) mass is 222 g/mol. The van der Waals surface area contributed by atoms with Gasteiger partial charge in [-0.2, -0.15) is 0 Å². The van der Waals surface area contributed by atoms with Gasteiger partial charge in [-0.05, 0) is 37.5 Å². The van der Waals surface area contributed by atoms with Crippen LogP contribution in [-0.4, -0.2) is 12.1 Å². The SMILES string of the molecule is C=C(C)C(=O)O[C@H]1CC2CCC1(C)C2(C)C. The second-order valence-corrected chi connectivity index (χ2v) is 6.28. The molecule has 2 rings (SSSR count). The van der Waals surface area contributed by atoms with Gasteiger partial charge in [-0.25, -0.2) is 4.79 Å². The number of hydrogen-bond acceptors (Lipinski definition) is 2. The maximum atomic E-state index is 11.6. The molecular weight excluding hydrogens is 200 g/mol. The Kier molecular flexibility index (Phi) is 2.45. The van der Waals surface area contributed by atoms with Crippen LogP contribution in [0.2, 0.25) is 0 Å². The maximum Gasteiger partial charge on any atom is 0.333 e. The summed E-state index contributed by atoms with van der Waals surface area (Å²) in [5, 5.41) is 0. The van der Waals surface area contributed by atoms with E-state index in [-0.39, 0.29) is 17.5 Å². The third-order valence-corrected chi connectivity index (χ3v) is 5.31. The van der Waals surface area contributed by atoms with Crippen molar-refractivity contribution in [1.29, 1.82) is 0 Å². The van der Waals surface area contributed by atoms with Crippen molar-refractivity contribution in [2.75, 3.05) is 0 Å². The molecule has 0 amide bonds. The first-order chi connectivity index (χ1) is 7.29. The molecule has 0 saturated heterocycles. The van der Waals surface area contributed by atoms with Crippen LogP contribution in [0.1, 0.15) is 47.0 Å². The van der Waals surface area contributed by atoms with Crippen molar-refractivity contribution in [3.63, 3.8) is 0 Å². The normalized spacial score (nSPS) is 39.8. The zero-order chi connectivity index (χ0) is 12.1. The summed E-state index contributed by atoms with van der Waals surface area (Å²) in [6.07, 6.45) is 3.58. The minimum absolute atomic E-state index is 0.0884. The summed E-state index contributed by atoms with van der Waals surface area (Å²) in [5.41, 5.74) is 0.958. The summed E-state index contributed by atoms with van der Waals surface area (Å²) < 4.78 is 5.61. The Hall–Kier alpha value is -0.790. The van der Waals surface area contributed by atoms with Gasteiger partial charge in [0, 0.05) is 11.0 Å². The van der Waals surface area contributed by atoms with Gasteiger partial charge in [0.15, 0.2) is 0 Å². The molecule has 2 bridgehead atoms. The number of carbonyl (C=O) groups is 1. The van der Waals surface area contributed by atoms with E-state index in [1.165, 1.54) is 12.8 Å². The Bertz CT molecular complexity index is 343. The lowest BCUT2D eigenvalue weighted by molar-refractivity contribution is -0.151. The van der Waals surface area contributed by atoms with Gasteiger partial charge in [-0.3, -0.25) is 0 Å². The highest BCUT2D eigenvalue weighted by Crippen LogP contribution is 2.66. The van der Waals surface area contributed by atoms with Gasteiger partial charge < -0.3 is 4.74 Å². The van der Waals surface area contributed by atoms with E-state index in [9.17, 15) is 4.79 Å². The lowest BCUT2D eigenvalue weighted by Gasteiger charge is -2.38. The first-order valence-electron chi connectivity index (χ1n) is 6.15. The summed E-state index contributed by atoms with van der Waals surface area (Å²) in [4.78, 5) is 11.6. The van der Waals surface area contributed by atoms with Crippen LogP contribution in [0.15, 0.2) is 12.2 Å². The molecule has 0 aromatic heterocycles. The molecule has 0 heterocycles. The minimum Gasteiger partial charge on any atom is -0.458 e. The molecule has 2 heteroatoms. The smallest absolute Gasteiger partial charge is 0.333 e. The molecule has 2 aliphatic carbocycles. The van der Waals surface area contributed by atoms with E-state index in [4.69, 9.17) is 4.74 Å². The summed E-state index contributed by atoms with van der Waals surface area (Å²) in [5.74, 6) is 0.481. The third kappa shape index (κ3) is 1.35. The van der Waals surface area contributed by atoms with Gasteiger partial charge in [0.1, 0.15) is 6.10 Å². The van der Waals surface area contributed by atoms with Crippen molar-refractivity contribution in [3.05, 3.63) is 12.2 Å². The highest BCUT2D eigenvalue weighted by molar-refractivity contribution is 5.87. The molecule has 0 aromatic carbocycles. The average molecular weight is 222 g/mol. The minimum atomic E-state index is -0.227. The first kappa shape index (κ1) is 11.7. The number of ether oxygens (including phenoxy) is 1. The molecule has 2 nitrogen and oxygen atoms in total.